The Morgan fingerprint density at radius 3 is 2.52 bits per heavy atom. The monoisotopic (exact) mass is 318 g/mol. The van der Waals surface area contributed by atoms with Gasteiger partial charge in [0, 0.05) is 12.2 Å². The molecule has 4 heteroatoms. The van der Waals surface area contributed by atoms with Gasteiger partial charge >= 0.3 is 0 Å². The maximum atomic E-state index is 11.4. The zero-order valence-corrected chi connectivity index (χ0v) is 14.5. The number of unbranched alkanes of at least 4 members (excludes halogenated alkanes) is 2. The van der Waals surface area contributed by atoms with Crippen LogP contribution in [0.15, 0.2) is 18.2 Å². The molecule has 0 aromatic heterocycles. The number of nitrogens with zero attached hydrogens (tertiary/aromatic N) is 1. The highest BCUT2D eigenvalue weighted by Crippen LogP contribution is 2.27. The Morgan fingerprint density at radius 2 is 1.87 bits per heavy atom. The molecule has 0 bridgehead atoms. The van der Waals surface area contributed by atoms with Crippen LogP contribution in [0.2, 0.25) is 0 Å². The lowest BCUT2D eigenvalue weighted by Crippen LogP contribution is -2.28. The molecule has 1 unspecified atom stereocenters. The van der Waals surface area contributed by atoms with Gasteiger partial charge in [-0.05, 0) is 49.5 Å². The third-order valence-corrected chi connectivity index (χ3v) is 4.51. The molecule has 23 heavy (non-hydrogen) atoms. The van der Waals surface area contributed by atoms with Crippen LogP contribution in [-0.4, -0.2) is 35.5 Å². The van der Waals surface area contributed by atoms with Gasteiger partial charge in [-0.2, -0.15) is 0 Å². The highest BCUT2D eigenvalue weighted by atomic mass is 16.3. The van der Waals surface area contributed by atoms with Crippen molar-refractivity contribution in [3.05, 3.63) is 29.3 Å². The summed E-state index contributed by atoms with van der Waals surface area (Å²) in [5, 5.41) is 13.3. The van der Waals surface area contributed by atoms with E-state index in [2.05, 4.69) is 24.1 Å². The molecule has 4 nitrogen and oxygen atoms in total. The van der Waals surface area contributed by atoms with E-state index in [1.807, 2.05) is 18.2 Å². The normalized spacial score (nSPS) is 14.9. The first-order valence-corrected chi connectivity index (χ1v) is 8.97. The number of hydrogen-bond acceptors (Lipinski definition) is 3. The minimum Gasteiger partial charge on any atom is -0.388 e. The second-order valence-electron chi connectivity index (χ2n) is 6.49. The number of aliphatic hydroxyl groups is 1. The summed E-state index contributed by atoms with van der Waals surface area (Å²) >= 11 is 0. The number of rotatable bonds is 10. The van der Waals surface area contributed by atoms with E-state index in [4.69, 9.17) is 0 Å². The number of amides is 1. The zero-order valence-electron chi connectivity index (χ0n) is 14.5. The van der Waals surface area contributed by atoms with Crippen molar-refractivity contribution in [3.8, 4) is 0 Å². The van der Waals surface area contributed by atoms with Gasteiger partial charge in [-0.1, -0.05) is 38.8 Å². The summed E-state index contributed by atoms with van der Waals surface area (Å²) in [4.78, 5) is 13.9. The van der Waals surface area contributed by atoms with Crippen LogP contribution in [0.25, 0.3) is 0 Å². The van der Waals surface area contributed by atoms with E-state index in [9.17, 15) is 9.90 Å². The Labute approximate surface area is 139 Å². The molecule has 0 fully saturated rings. The van der Waals surface area contributed by atoms with Gasteiger partial charge in [-0.3, -0.25) is 4.79 Å². The quantitative estimate of drug-likeness (QED) is 0.694. The van der Waals surface area contributed by atoms with E-state index < -0.39 is 6.10 Å². The molecule has 0 spiro atoms. The number of anilines is 1. The van der Waals surface area contributed by atoms with Crippen LogP contribution >= 0.6 is 0 Å². The van der Waals surface area contributed by atoms with Crippen molar-refractivity contribution >= 4 is 11.6 Å². The molecule has 1 aliphatic rings. The molecule has 2 N–H and O–H groups in total. The van der Waals surface area contributed by atoms with Crippen molar-refractivity contribution in [2.45, 2.75) is 58.5 Å². The molecule has 128 valence electrons. The van der Waals surface area contributed by atoms with Crippen molar-refractivity contribution in [1.29, 1.82) is 0 Å². The van der Waals surface area contributed by atoms with Crippen LogP contribution in [0.5, 0.6) is 0 Å². The van der Waals surface area contributed by atoms with Crippen molar-refractivity contribution in [2.75, 3.05) is 25.0 Å². The minimum atomic E-state index is -0.457. The molecule has 1 amide bonds. The van der Waals surface area contributed by atoms with Gasteiger partial charge in [0.1, 0.15) is 0 Å². The van der Waals surface area contributed by atoms with Crippen molar-refractivity contribution in [3.63, 3.8) is 0 Å². The first-order chi connectivity index (χ1) is 11.1. The third kappa shape index (κ3) is 5.33. The van der Waals surface area contributed by atoms with Gasteiger partial charge in [0.15, 0.2) is 0 Å². The van der Waals surface area contributed by atoms with Crippen LogP contribution in [0.1, 0.15) is 63.2 Å². The standard InChI is InChI=1S/C19H30N2O2/c1-3-5-10-21(11-6-4-2)12-9-18(22)15-7-8-17-16(13-15)14-19(23)20-17/h7-8,13,18,22H,3-6,9-12,14H2,1-2H3,(H,20,23). The van der Waals surface area contributed by atoms with E-state index in [1.165, 1.54) is 25.7 Å². The van der Waals surface area contributed by atoms with Crippen LogP contribution in [-0.2, 0) is 11.2 Å². The molecule has 2 rings (SSSR count). The van der Waals surface area contributed by atoms with E-state index in [0.717, 1.165) is 42.9 Å². The number of benzene rings is 1. The molecule has 0 saturated heterocycles. The van der Waals surface area contributed by atoms with Gasteiger partial charge in [0.05, 0.1) is 12.5 Å². The number of carbonyl (C=O) groups excluding carboxylic acids is 1. The lowest BCUT2D eigenvalue weighted by Gasteiger charge is -2.23. The summed E-state index contributed by atoms with van der Waals surface area (Å²) in [6.07, 6.45) is 5.55. The number of carbonyl (C=O) groups is 1. The van der Waals surface area contributed by atoms with Crippen LogP contribution < -0.4 is 5.32 Å². The molecule has 1 atom stereocenters. The van der Waals surface area contributed by atoms with Crippen LogP contribution in [0, 0.1) is 0 Å². The Balaban J connectivity index is 1.88. The van der Waals surface area contributed by atoms with Gasteiger partial charge in [0.2, 0.25) is 5.91 Å². The van der Waals surface area contributed by atoms with E-state index in [1.54, 1.807) is 0 Å². The number of fused-ring (bicyclic) bond motifs is 1. The number of hydrogen-bond donors (Lipinski definition) is 2. The molecule has 0 radical (unpaired) electrons. The van der Waals surface area contributed by atoms with Crippen LogP contribution in [0.3, 0.4) is 0 Å². The minimum absolute atomic E-state index is 0.0388. The van der Waals surface area contributed by atoms with Crippen molar-refractivity contribution in [2.24, 2.45) is 0 Å². The highest BCUT2D eigenvalue weighted by molar-refractivity contribution is 5.99. The Morgan fingerprint density at radius 1 is 1.17 bits per heavy atom. The van der Waals surface area contributed by atoms with E-state index >= 15 is 0 Å². The van der Waals surface area contributed by atoms with Gasteiger partial charge in [0.25, 0.3) is 0 Å². The molecule has 0 saturated carbocycles. The highest BCUT2D eigenvalue weighted by Gasteiger charge is 2.19. The van der Waals surface area contributed by atoms with Crippen molar-refractivity contribution < 1.29 is 9.90 Å². The Hall–Kier alpha value is -1.39. The maximum absolute atomic E-state index is 11.4. The van der Waals surface area contributed by atoms with Crippen molar-refractivity contribution in [1.82, 2.24) is 4.90 Å². The van der Waals surface area contributed by atoms with E-state index in [-0.39, 0.29) is 5.91 Å². The summed E-state index contributed by atoms with van der Waals surface area (Å²) in [6.45, 7) is 7.59. The molecular formula is C19H30N2O2. The first kappa shape index (κ1) is 18.0. The second kappa shape index (κ2) is 9.04. The molecule has 0 aliphatic carbocycles. The fourth-order valence-electron chi connectivity index (χ4n) is 3.03. The average molecular weight is 318 g/mol. The lowest BCUT2D eigenvalue weighted by molar-refractivity contribution is -0.115. The zero-order chi connectivity index (χ0) is 16.7. The summed E-state index contributed by atoms with van der Waals surface area (Å²) < 4.78 is 0. The summed E-state index contributed by atoms with van der Waals surface area (Å²) in [6, 6.07) is 5.81. The summed E-state index contributed by atoms with van der Waals surface area (Å²) in [5.41, 5.74) is 2.81. The smallest absolute Gasteiger partial charge is 0.228 e. The fraction of sp³-hybridized carbons (Fsp3) is 0.632. The predicted octanol–water partition coefficient (Wildman–Crippen LogP) is 3.51. The number of aliphatic hydroxyl groups excluding tert-OH is 1. The van der Waals surface area contributed by atoms with Gasteiger partial charge < -0.3 is 15.3 Å². The van der Waals surface area contributed by atoms with Crippen LogP contribution in [0.4, 0.5) is 5.69 Å². The second-order valence-corrected chi connectivity index (χ2v) is 6.49. The molecule has 1 aromatic rings. The number of nitrogens with one attached hydrogen (secondary N) is 1. The summed E-state index contributed by atoms with van der Waals surface area (Å²) in [5.74, 6) is 0.0388. The molecule has 1 aliphatic heterocycles. The molecule has 1 aromatic carbocycles. The first-order valence-electron chi connectivity index (χ1n) is 8.97. The van der Waals surface area contributed by atoms with E-state index in [0.29, 0.717) is 6.42 Å². The largest absolute Gasteiger partial charge is 0.388 e. The third-order valence-electron chi connectivity index (χ3n) is 4.51. The molecular weight excluding hydrogens is 288 g/mol. The van der Waals surface area contributed by atoms with Gasteiger partial charge in [-0.15, -0.1) is 0 Å². The topological polar surface area (TPSA) is 52.6 Å². The fourth-order valence-corrected chi connectivity index (χ4v) is 3.03. The predicted molar refractivity (Wildman–Crippen MR) is 94.6 cm³/mol. The van der Waals surface area contributed by atoms with Gasteiger partial charge in [-0.25, -0.2) is 0 Å². The Kier molecular flexibility index (Phi) is 7.06. The summed E-state index contributed by atoms with van der Waals surface area (Å²) in [7, 11) is 0. The maximum Gasteiger partial charge on any atom is 0.228 e. The SMILES string of the molecule is CCCCN(CCCC)CCC(O)c1ccc2c(c1)CC(=O)N2. The lowest BCUT2D eigenvalue weighted by atomic mass is 10.0. The molecule has 1 heterocycles. The Bertz CT molecular complexity index is 508. The average Bonchev–Trinajstić information content (AvgIpc) is 2.92.